The molecule has 1 fully saturated rings. The fourth-order valence-electron chi connectivity index (χ4n) is 2.77. The summed E-state index contributed by atoms with van der Waals surface area (Å²) in [7, 11) is 0. The highest BCUT2D eigenvalue weighted by Gasteiger charge is 2.23. The summed E-state index contributed by atoms with van der Waals surface area (Å²) in [6.07, 6.45) is 5.18. The van der Waals surface area contributed by atoms with Crippen molar-refractivity contribution in [2.45, 2.75) is 37.8 Å². The number of halogens is 1. The molecule has 2 aromatic heterocycles. The zero-order chi connectivity index (χ0) is 15.5. The van der Waals surface area contributed by atoms with E-state index in [0.717, 1.165) is 41.7 Å². The lowest BCUT2D eigenvalue weighted by Crippen LogP contribution is -2.39. The first-order valence-electron chi connectivity index (χ1n) is 7.26. The van der Waals surface area contributed by atoms with Gasteiger partial charge in [0.25, 0.3) is 0 Å². The van der Waals surface area contributed by atoms with Crippen LogP contribution >= 0.6 is 22.9 Å². The molecule has 1 amide bonds. The van der Waals surface area contributed by atoms with Crippen LogP contribution in [0.25, 0.3) is 10.2 Å². The number of aromatic nitrogens is 2. The van der Waals surface area contributed by atoms with Crippen LogP contribution in [0.5, 0.6) is 0 Å². The van der Waals surface area contributed by atoms with E-state index in [0.29, 0.717) is 6.04 Å². The number of nitrogens with one attached hydrogen (secondary N) is 2. The molecule has 0 aromatic carbocycles. The molecule has 0 radical (unpaired) electrons. The Morgan fingerprint density at radius 1 is 1.32 bits per heavy atom. The zero-order valence-electron chi connectivity index (χ0n) is 12.0. The Kier molecular flexibility index (Phi) is 4.59. The maximum absolute atomic E-state index is 11.3. The van der Waals surface area contributed by atoms with Crippen molar-refractivity contribution in [1.82, 2.24) is 15.3 Å². The van der Waals surface area contributed by atoms with E-state index < -0.39 is 0 Å². The Balaban J connectivity index is 1.63. The number of carbonyl (C=O) groups is 1. The van der Waals surface area contributed by atoms with E-state index in [1.807, 2.05) is 11.4 Å². The Morgan fingerprint density at radius 2 is 2.05 bits per heavy atom. The molecule has 22 heavy (non-hydrogen) atoms. The molecular weight excluding hydrogens is 320 g/mol. The van der Waals surface area contributed by atoms with E-state index in [1.165, 1.54) is 6.08 Å². The molecule has 2 heterocycles. The predicted molar refractivity (Wildman–Crippen MR) is 90.4 cm³/mol. The van der Waals surface area contributed by atoms with Crippen molar-refractivity contribution in [2.75, 3.05) is 5.32 Å². The van der Waals surface area contributed by atoms with Crippen LogP contribution in [0.2, 0.25) is 5.28 Å². The second-order valence-electron chi connectivity index (χ2n) is 5.38. The van der Waals surface area contributed by atoms with Crippen LogP contribution in [-0.2, 0) is 4.79 Å². The topological polar surface area (TPSA) is 66.9 Å². The number of amides is 1. The first-order chi connectivity index (χ1) is 10.7. The Morgan fingerprint density at radius 3 is 2.77 bits per heavy atom. The van der Waals surface area contributed by atoms with Gasteiger partial charge in [0.15, 0.2) is 0 Å². The van der Waals surface area contributed by atoms with E-state index >= 15 is 0 Å². The molecule has 0 saturated heterocycles. The zero-order valence-corrected chi connectivity index (χ0v) is 13.6. The quantitative estimate of drug-likeness (QED) is 0.663. The van der Waals surface area contributed by atoms with Gasteiger partial charge in [-0.1, -0.05) is 6.58 Å². The van der Waals surface area contributed by atoms with E-state index in [1.54, 1.807) is 11.3 Å². The minimum absolute atomic E-state index is 0.0979. The van der Waals surface area contributed by atoms with Gasteiger partial charge in [-0.15, -0.1) is 11.3 Å². The third kappa shape index (κ3) is 3.39. The van der Waals surface area contributed by atoms with Crippen LogP contribution in [0, 0.1) is 0 Å². The summed E-state index contributed by atoms with van der Waals surface area (Å²) in [6.45, 7) is 3.48. The normalized spacial score (nSPS) is 21.5. The average molecular weight is 337 g/mol. The fourth-order valence-corrected chi connectivity index (χ4v) is 3.73. The molecule has 116 valence electrons. The monoisotopic (exact) mass is 336 g/mol. The molecule has 2 aromatic rings. The molecule has 3 rings (SSSR count). The van der Waals surface area contributed by atoms with Crippen LogP contribution in [0.1, 0.15) is 25.7 Å². The number of fused-ring (bicyclic) bond motifs is 1. The van der Waals surface area contributed by atoms with Crippen LogP contribution < -0.4 is 10.6 Å². The van der Waals surface area contributed by atoms with Gasteiger partial charge in [0.1, 0.15) is 5.82 Å². The van der Waals surface area contributed by atoms with E-state index in [-0.39, 0.29) is 17.2 Å². The van der Waals surface area contributed by atoms with Gasteiger partial charge in [0.05, 0.1) is 10.2 Å². The van der Waals surface area contributed by atoms with Crippen molar-refractivity contribution in [3.05, 3.63) is 29.4 Å². The van der Waals surface area contributed by atoms with E-state index in [2.05, 4.69) is 27.2 Å². The van der Waals surface area contributed by atoms with Gasteiger partial charge in [0.2, 0.25) is 11.2 Å². The number of hydrogen-bond donors (Lipinski definition) is 2. The number of nitrogens with zero attached hydrogens (tertiary/aromatic N) is 2. The van der Waals surface area contributed by atoms with Crippen LogP contribution in [0.3, 0.4) is 0 Å². The molecule has 0 aliphatic heterocycles. The van der Waals surface area contributed by atoms with Crippen LogP contribution in [0.4, 0.5) is 5.82 Å². The molecule has 0 unspecified atom stereocenters. The second-order valence-corrected chi connectivity index (χ2v) is 6.64. The van der Waals surface area contributed by atoms with Gasteiger partial charge in [-0.05, 0) is 54.8 Å². The highest BCUT2D eigenvalue weighted by molar-refractivity contribution is 7.17. The van der Waals surface area contributed by atoms with Crippen molar-refractivity contribution in [2.24, 2.45) is 0 Å². The van der Waals surface area contributed by atoms with Gasteiger partial charge >= 0.3 is 0 Å². The first kappa shape index (κ1) is 15.2. The Bertz CT molecular complexity index is 694. The maximum Gasteiger partial charge on any atom is 0.243 e. The molecule has 1 aliphatic carbocycles. The highest BCUT2D eigenvalue weighted by Crippen LogP contribution is 2.30. The summed E-state index contributed by atoms with van der Waals surface area (Å²) in [4.78, 5) is 19.9. The fraction of sp³-hybridized carbons (Fsp3) is 0.400. The van der Waals surface area contributed by atoms with E-state index in [4.69, 9.17) is 11.6 Å². The Hall–Kier alpha value is -1.66. The van der Waals surface area contributed by atoms with Gasteiger partial charge in [0, 0.05) is 12.1 Å². The summed E-state index contributed by atoms with van der Waals surface area (Å²) in [5, 5.41) is 8.69. The smallest absolute Gasteiger partial charge is 0.243 e. The van der Waals surface area contributed by atoms with Crippen molar-refractivity contribution in [3.8, 4) is 0 Å². The Labute approximate surface area is 137 Å². The van der Waals surface area contributed by atoms with Crippen LogP contribution in [0.15, 0.2) is 24.1 Å². The predicted octanol–water partition coefficient (Wildman–Crippen LogP) is 3.37. The minimum Gasteiger partial charge on any atom is -0.366 e. The number of rotatable bonds is 4. The van der Waals surface area contributed by atoms with Crippen molar-refractivity contribution < 1.29 is 4.79 Å². The second kappa shape index (κ2) is 6.62. The van der Waals surface area contributed by atoms with Crippen LogP contribution in [-0.4, -0.2) is 28.0 Å². The van der Waals surface area contributed by atoms with Gasteiger partial charge < -0.3 is 10.6 Å². The molecule has 0 spiro atoms. The largest absolute Gasteiger partial charge is 0.366 e. The third-order valence-corrected chi connectivity index (χ3v) is 4.96. The standard InChI is InChI=1S/C15H17ClN4OS/c1-2-12(21)17-9-3-5-10(6-4-9)18-14-13-11(7-8-22-13)19-15(16)20-14/h2,7-10H,1,3-6H2,(H,17,21)(H,18,19,20)/t9-,10+. The molecule has 2 N–H and O–H groups in total. The average Bonchev–Trinajstić information content (AvgIpc) is 2.97. The van der Waals surface area contributed by atoms with E-state index in [9.17, 15) is 4.79 Å². The third-order valence-electron chi connectivity index (χ3n) is 3.88. The van der Waals surface area contributed by atoms with Gasteiger partial charge in [-0.3, -0.25) is 4.79 Å². The first-order valence-corrected chi connectivity index (χ1v) is 8.51. The molecule has 1 aliphatic rings. The molecular formula is C15H17ClN4OS. The molecule has 0 atom stereocenters. The summed E-state index contributed by atoms with van der Waals surface area (Å²) in [6, 6.07) is 2.52. The van der Waals surface area contributed by atoms with Gasteiger partial charge in [-0.25, -0.2) is 4.98 Å². The summed E-state index contributed by atoms with van der Waals surface area (Å²) in [5.41, 5.74) is 0.874. The number of hydrogen-bond acceptors (Lipinski definition) is 5. The molecule has 5 nitrogen and oxygen atoms in total. The number of anilines is 1. The summed E-state index contributed by atoms with van der Waals surface area (Å²) < 4.78 is 1.03. The van der Waals surface area contributed by atoms with Crippen molar-refractivity contribution in [1.29, 1.82) is 0 Å². The lowest BCUT2D eigenvalue weighted by molar-refractivity contribution is -0.117. The number of thiophene rings is 1. The number of carbonyl (C=O) groups excluding carboxylic acids is 1. The summed E-state index contributed by atoms with van der Waals surface area (Å²) in [5.74, 6) is 0.711. The minimum atomic E-state index is -0.0979. The lowest BCUT2D eigenvalue weighted by Gasteiger charge is -2.29. The van der Waals surface area contributed by atoms with Crippen molar-refractivity contribution in [3.63, 3.8) is 0 Å². The van der Waals surface area contributed by atoms with Crippen molar-refractivity contribution >= 4 is 44.9 Å². The SMILES string of the molecule is C=CC(=O)N[C@H]1CC[C@@H](Nc2nc(Cl)nc3ccsc23)CC1. The summed E-state index contributed by atoms with van der Waals surface area (Å²) >= 11 is 7.59. The molecule has 1 saturated carbocycles. The van der Waals surface area contributed by atoms with Gasteiger partial charge in [-0.2, -0.15) is 4.98 Å². The molecule has 0 bridgehead atoms. The lowest BCUT2D eigenvalue weighted by atomic mass is 9.91. The molecule has 7 heteroatoms. The maximum atomic E-state index is 11.3. The highest BCUT2D eigenvalue weighted by atomic mass is 35.5.